The summed E-state index contributed by atoms with van der Waals surface area (Å²) in [6.45, 7) is 10.7. The Bertz CT molecular complexity index is 708. The highest BCUT2D eigenvalue weighted by molar-refractivity contribution is 5.56. The predicted molar refractivity (Wildman–Crippen MR) is 88.6 cm³/mol. The molecule has 0 saturated carbocycles. The first kappa shape index (κ1) is 15.1. The second kappa shape index (κ2) is 6.01. The van der Waals surface area contributed by atoms with Gasteiger partial charge >= 0.3 is 0 Å². The van der Waals surface area contributed by atoms with Gasteiger partial charge in [-0.1, -0.05) is 18.2 Å². The van der Waals surface area contributed by atoms with Crippen LogP contribution in [0.15, 0.2) is 30.3 Å². The molecule has 1 unspecified atom stereocenters. The van der Waals surface area contributed by atoms with Crippen molar-refractivity contribution < 1.29 is 0 Å². The van der Waals surface area contributed by atoms with Gasteiger partial charge in [-0.2, -0.15) is 5.26 Å². The Balaban J connectivity index is 2.32. The van der Waals surface area contributed by atoms with Gasteiger partial charge in [0.2, 0.25) is 0 Å². The van der Waals surface area contributed by atoms with E-state index >= 15 is 0 Å². The molecule has 2 aromatic rings. The Hall–Kier alpha value is -2.27. The van der Waals surface area contributed by atoms with Gasteiger partial charge in [0.1, 0.15) is 0 Å². The monoisotopic (exact) mass is 278 g/mol. The van der Waals surface area contributed by atoms with Crippen molar-refractivity contribution in [1.82, 2.24) is 0 Å². The van der Waals surface area contributed by atoms with E-state index in [4.69, 9.17) is 5.26 Å². The van der Waals surface area contributed by atoms with Crippen molar-refractivity contribution in [3.8, 4) is 6.07 Å². The molecule has 0 aliphatic carbocycles. The fraction of sp³-hybridized carbons (Fsp3) is 0.316. The van der Waals surface area contributed by atoms with Crippen molar-refractivity contribution in [3.63, 3.8) is 0 Å². The molecule has 1 N–H and O–H groups in total. The molecule has 0 bridgehead atoms. The molecule has 0 aromatic heterocycles. The lowest BCUT2D eigenvalue weighted by atomic mass is 9.96. The van der Waals surface area contributed by atoms with Gasteiger partial charge in [-0.3, -0.25) is 0 Å². The molecule has 108 valence electrons. The van der Waals surface area contributed by atoms with Crippen LogP contribution in [0.2, 0.25) is 0 Å². The Morgan fingerprint density at radius 3 is 2.24 bits per heavy atom. The van der Waals surface area contributed by atoms with Crippen LogP contribution < -0.4 is 5.32 Å². The van der Waals surface area contributed by atoms with Crippen molar-refractivity contribution in [3.05, 3.63) is 63.7 Å². The summed E-state index contributed by atoms with van der Waals surface area (Å²) in [7, 11) is 0. The summed E-state index contributed by atoms with van der Waals surface area (Å²) in [5.74, 6) is 0. The van der Waals surface area contributed by atoms with Crippen LogP contribution in [0.3, 0.4) is 0 Å². The van der Waals surface area contributed by atoms with Gasteiger partial charge in [0.25, 0.3) is 0 Å². The average molecular weight is 278 g/mol. The number of benzene rings is 2. The molecule has 0 fully saturated rings. The van der Waals surface area contributed by atoms with Crippen molar-refractivity contribution in [1.29, 1.82) is 5.26 Å². The van der Waals surface area contributed by atoms with E-state index in [1.54, 1.807) is 0 Å². The topological polar surface area (TPSA) is 35.8 Å². The Kier molecular flexibility index (Phi) is 4.33. The number of rotatable bonds is 3. The second-order valence-electron chi connectivity index (χ2n) is 5.80. The van der Waals surface area contributed by atoms with E-state index in [9.17, 15) is 0 Å². The number of aryl methyl sites for hydroxylation is 4. The Morgan fingerprint density at radius 1 is 0.905 bits per heavy atom. The molecule has 0 radical (unpaired) electrons. The van der Waals surface area contributed by atoms with E-state index in [0.29, 0.717) is 5.56 Å². The average Bonchev–Trinajstić information content (AvgIpc) is 2.45. The maximum Gasteiger partial charge on any atom is 0.0992 e. The maximum atomic E-state index is 9.04. The van der Waals surface area contributed by atoms with E-state index < -0.39 is 0 Å². The molecule has 0 aliphatic heterocycles. The summed E-state index contributed by atoms with van der Waals surface area (Å²) >= 11 is 0. The number of anilines is 1. The maximum absolute atomic E-state index is 9.04. The fourth-order valence-electron chi connectivity index (χ4n) is 2.61. The van der Waals surface area contributed by atoms with Gasteiger partial charge < -0.3 is 5.32 Å². The molecule has 2 aromatic carbocycles. The summed E-state index contributed by atoms with van der Waals surface area (Å²) in [4.78, 5) is 0. The summed E-state index contributed by atoms with van der Waals surface area (Å²) < 4.78 is 0. The van der Waals surface area contributed by atoms with E-state index in [0.717, 1.165) is 11.3 Å². The molecule has 2 nitrogen and oxygen atoms in total. The first-order chi connectivity index (χ1) is 9.92. The number of nitrogens with zero attached hydrogens (tertiary/aromatic N) is 1. The minimum Gasteiger partial charge on any atom is -0.378 e. The van der Waals surface area contributed by atoms with Crippen LogP contribution in [0.4, 0.5) is 5.69 Å². The van der Waals surface area contributed by atoms with Crippen LogP contribution in [0.25, 0.3) is 0 Å². The standard InChI is InChI=1S/C19H22N2/c1-12-6-7-17(11-20)10-19(12)21-16(5)18-9-14(3)13(2)8-15(18)4/h6-10,16,21H,1-5H3. The van der Waals surface area contributed by atoms with Crippen LogP contribution in [0.1, 0.15) is 46.3 Å². The third-order valence-electron chi connectivity index (χ3n) is 4.09. The van der Waals surface area contributed by atoms with Crippen LogP contribution in [-0.2, 0) is 0 Å². The van der Waals surface area contributed by atoms with Crippen molar-refractivity contribution >= 4 is 5.69 Å². The molecule has 21 heavy (non-hydrogen) atoms. The lowest BCUT2D eigenvalue weighted by Crippen LogP contribution is -2.10. The minimum absolute atomic E-state index is 0.206. The number of nitrogens with one attached hydrogen (secondary N) is 1. The van der Waals surface area contributed by atoms with Crippen molar-refractivity contribution in [2.45, 2.75) is 40.7 Å². The third kappa shape index (κ3) is 3.25. The van der Waals surface area contributed by atoms with E-state index in [1.165, 1.54) is 22.3 Å². The van der Waals surface area contributed by atoms with Crippen LogP contribution in [0.5, 0.6) is 0 Å². The van der Waals surface area contributed by atoms with Crippen molar-refractivity contribution in [2.75, 3.05) is 5.32 Å². The molecule has 0 aliphatic rings. The predicted octanol–water partition coefficient (Wildman–Crippen LogP) is 4.97. The first-order valence-corrected chi connectivity index (χ1v) is 7.27. The van der Waals surface area contributed by atoms with Gasteiger partial charge in [0, 0.05) is 11.7 Å². The zero-order chi connectivity index (χ0) is 15.6. The van der Waals surface area contributed by atoms with Crippen LogP contribution in [-0.4, -0.2) is 0 Å². The molecule has 0 saturated heterocycles. The van der Waals surface area contributed by atoms with Crippen LogP contribution >= 0.6 is 0 Å². The molecule has 2 rings (SSSR count). The third-order valence-corrected chi connectivity index (χ3v) is 4.09. The highest BCUT2D eigenvalue weighted by atomic mass is 14.9. The van der Waals surface area contributed by atoms with Gasteiger partial charge in [-0.05, 0) is 74.6 Å². The quantitative estimate of drug-likeness (QED) is 0.860. The molecular weight excluding hydrogens is 256 g/mol. The normalized spacial score (nSPS) is 11.8. The largest absolute Gasteiger partial charge is 0.378 e. The van der Waals surface area contributed by atoms with Gasteiger partial charge in [0.05, 0.1) is 11.6 Å². The Morgan fingerprint density at radius 2 is 1.57 bits per heavy atom. The second-order valence-corrected chi connectivity index (χ2v) is 5.80. The summed E-state index contributed by atoms with van der Waals surface area (Å²) in [6, 6.07) is 12.7. The molecule has 0 spiro atoms. The molecule has 0 heterocycles. The Labute approximate surface area is 127 Å². The lowest BCUT2D eigenvalue weighted by Gasteiger charge is -2.21. The zero-order valence-electron chi connectivity index (χ0n) is 13.4. The molecule has 2 heteroatoms. The highest BCUT2D eigenvalue weighted by Crippen LogP contribution is 2.27. The molecule has 1 atom stereocenters. The number of hydrogen-bond acceptors (Lipinski definition) is 2. The van der Waals surface area contributed by atoms with Crippen LogP contribution in [0, 0.1) is 39.0 Å². The van der Waals surface area contributed by atoms with Gasteiger partial charge in [-0.15, -0.1) is 0 Å². The highest BCUT2D eigenvalue weighted by Gasteiger charge is 2.11. The van der Waals surface area contributed by atoms with Crippen molar-refractivity contribution in [2.24, 2.45) is 0 Å². The summed E-state index contributed by atoms with van der Waals surface area (Å²) in [5.41, 5.74) is 8.11. The van der Waals surface area contributed by atoms with E-state index in [-0.39, 0.29) is 6.04 Å². The van der Waals surface area contributed by atoms with Gasteiger partial charge in [-0.25, -0.2) is 0 Å². The fourth-order valence-corrected chi connectivity index (χ4v) is 2.61. The zero-order valence-corrected chi connectivity index (χ0v) is 13.4. The molecule has 0 amide bonds. The summed E-state index contributed by atoms with van der Waals surface area (Å²) in [6.07, 6.45) is 0. The number of nitriles is 1. The molecular formula is C19H22N2. The van der Waals surface area contributed by atoms with Gasteiger partial charge in [0.15, 0.2) is 0 Å². The lowest BCUT2D eigenvalue weighted by molar-refractivity contribution is 0.868. The first-order valence-electron chi connectivity index (χ1n) is 7.27. The minimum atomic E-state index is 0.206. The number of hydrogen-bond donors (Lipinski definition) is 1. The summed E-state index contributed by atoms with van der Waals surface area (Å²) in [5, 5.41) is 12.6. The van der Waals surface area contributed by atoms with E-state index in [2.05, 4.69) is 58.1 Å². The smallest absolute Gasteiger partial charge is 0.0992 e. The SMILES string of the molecule is Cc1cc(C)c(C(C)Nc2cc(C#N)ccc2C)cc1C. The van der Waals surface area contributed by atoms with E-state index in [1.807, 2.05) is 18.2 Å².